The highest BCUT2D eigenvalue weighted by atomic mass is 79.9. The molecule has 168 valence electrons. The lowest BCUT2D eigenvalue weighted by atomic mass is 10.1. The molecule has 0 saturated carbocycles. The van der Waals surface area contributed by atoms with Crippen LogP contribution in [0.4, 0.5) is 5.69 Å². The number of halogens is 3. The lowest BCUT2D eigenvalue weighted by Gasteiger charge is -2.15. The van der Waals surface area contributed by atoms with Crippen molar-refractivity contribution >= 4 is 56.8 Å². The zero-order valence-electron chi connectivity index (χ0n) is 17.6. The molecule has 1 amide bonds. The van der Waals surface area contributed by atoms with Gasteiger partial charge in [0.05, 0.1) is 21.1 Å². The first-order valence-electron chi connectivity index (χ1n) is 9.92. The predicted molar refractivity (Wildman–Crippen MR) is 135 cm³/mol. The fourth-order valence-corrected chi connectivity index (χ4v) is 3.76. The fraction of sp³-hybridized carbons (Fsp3) is 0.120. The third-order valence-corrected chi connectivity index (χ3v) is 5.74. The van der Waals surface area contributed by atoms with Crippen molar-refractivity contribution in [2.24, 2.45) is 0 Å². The molecule has 5 nitrogen and oxygen atoms in total. The number of benzene rings is 3. The second-order valence-electron chi connectivity index (χ2n) is 6.79. The van der Waals surface area contributed by atoms with Crippen molar-refractivity contribution in [1.82, 2.24) is 0 Å². The molecule has 0 aliphatic rings. The Balaban J connectivity index is 1.84. The summed E-state index contributed by atoms with van der Waals surface area (Å²) in [6.45, 7) is 2.65. The number of nitrogens with zero attached hydrogens (tertiary/aromatic N) is 1. The van der Waals surface area contributed by atoms with Gasteiger partial charge in [-0.2, -0.15) is 5.26 Å². The van der Waals surface area contributed by atoms with Gasteiger partial charge in [0.1, 0.15) is 18.2 Å². The molecule has 0 aliphatic carbocycles. The van der Waals surface area contributed by atoms with Crippen LogP contribution in [0.5, 0.6) is 11.5 Å². The minimum absolute atomic E-state index is 0.0895. The summed E-state index contributed by atoms with van der Waals surface area (Å²) in [5, 5.41) is 12.9. The fourth-order valence-electron chi connectivity index (χ4n) is 2.89. The maximum atomic E-state index is 12.6. The molecule has 0 aliphatic heterocycles. The number of hydrogen-bond donors (Lipinski definition) is 1. The van der Waals surface area contributed by atoms with Crippen LogP contribution < -0.4 is 14.8 Å². The molecule has 0 unspecified atom stereocenters. The SMILES string of the molecule is CCOc1cc(/C=C(/C#N)C(=O)Nc2ccc(Cl)c(Cl)c2)cc(Br)c1OCc1ccccc1. The second-order valence-corrected chi connectivity index (χ2v) is 8.46. The maximum absolute atomic E-state index is 12.6. The normalized spacial score (nSPS) is 10.9. The van der Waals surface area contributed by atoms with E-state index < -0.39 is 5.91 Å². The minimum atomic E-state index is -0.575. The van der Waals surface area contributed by atoms with Gasteiger partial charge in [-0.1, -0.05) is 53.5 Å². The van der Waals surface area contributed by atoms with E-state index in [-0.39, 0.29) is 5.57 Å². The van der Waals surface area contributed by atoms with Gasteiger partial charge in [-0.15, -0.1) is 0 Å². The van der Waals surface area contributed by atoms with Gasteiger partial charge in [-0.25, -0.2) is 0 Å². The Kier molecular flexibility index (Phi) is 8.79. The molecule has 8 heteroatoms. The molecule has 0 bridgehead atoms. The number of rotatable bonds is 8. The summed E-state index contributed by atoms with van der Waals surface area (Å²) in [5.74, 6) is 0.460. The van der Waals surface area contributed by atoms with E-state index in [0.717, 1.165) is 5.56 Å². The first kappa shape index (κ1) is 24.7. The van der Waals surface area contributed by atoms with Crippen LogP contribution in [-0.2, 0) is 11.4 Å². The van der Waals surface area contributed by atoms with Crippen molar-refractivity contribution in [3.05, 3.63) is 91.9 Å². The quantitative estimate of drug-likeness (QED) is 0.238. The summed E-state index contributed by atoms with van der Waals surface area (Å²) >= 11 is 15.4. The molecule has 0 saturated heterocycles. The van der Waals surface area contributed by atoms with E-state index >= 15 is 0 Å². The standard InChI is InChI=1S/C25H19BrCl2N2O3/c1-2-32-23-12-17(11-20(26)24(23)33-15-16-6-4-3-5-7-16)10-18(14-29)25(31)30-19-8-9-21(27)22(28)13-19/h3-13H,2,15H2,1H3,(H,30,31)/b18-10-. The second kappa shape index (κ2) is 11.8. The van der Waals surface area contributed by atoms with Crippen LogP contribution in [0, 0.1) is 11.3 Å². The Hall–Kier alpha value is -2.98. The first-order chi connectivity index (χ1) is 15.9. The molecule has 0 atom stereocenters. The largest absolute Gasteiger partial charge is 0.490 e. The predicted octanol–water partition coefficient (Wildman–Crippen LogP) is 7.28. The Labute approximate surface area is 210 Å². The van der Waals surface area contributed by atoms with Crippen molar-refractivity contribution in [3.63, 3.8) is 0 Å². The highest BCUT2D eigenvalue weighted by molar-refractivity contribution is 9.10. The van der Waals surface area contributed by atoms with Gasteiger partial charge in [0.15, 0.2) is 11.5 Å². The molecule has 33 heavy (non-hydrogen) atoms. The van der Waals surface area contributed by atoms with E-state index in [9.17, 15) is 10.1 Å². The van der Waals surface area contributed by atoms with E-state index in [0.29, 0.717) is 50.5 Å². The van der Waals surface area contributed by atoms with Crippen molar-refractivity contribution in [1.29, 1.82) is 5.26 Å². The van der Waals surface area contributed by atoms with Crippen LogP contribution in [-0.4, -0.2) is 12.5 Å². The van der Waals surface area contributed by atoms with Crippen molar-refractivity contribution in [2.45, 2.75) is 13.5 Å². The highest BCUT2D eigenvalue weighted by Crippen LogP contribution is 2.38. The van der Waals surface area contributed by atoms with E-state index in [1.165, 1.54) is 12.1 Å². The molecule has 0 radical (unpaired) electrons. The number of carbonyl (C=O) groups is 1. The first-order valence-corrected chi connectivity index (χ1v) is 11.5. The Morgan fingerprint density at radius 2 is 1.85 bits per heavy atom. The number of nitrogens with one attached hydrogen (secondary N) is 1. The average Bonchev–Trinajstić information content (AvgIpc) is 2.80. The molecule has 3 rings (SSSR count). The summed E-state index contributed by atoms with van der Waals surface area (Å²) in [4.78, 5) is 12.6. The third kappa shape index (κ3) is 6.75. The van der Waals surface area contributed by atoms with Crippen molar-refractivity contribution in [3.8, 4) is 17.6 Å². The van der Waals surface area contributed by atoms with E-state index in [1.54, 1.807) is 24.3 Å². The van der Waals surface area contributed by atoms with Gasteiger partial charge >= 0.3 is 0 Å². The number of nitriles is 1. The molecular weight excluding hydrogens is 527 g/mol. The molecule has 0 fully saturated rings. The lowest BCUT2D eigenvalue weighted by Crippen LogP contribution is -2.13. The molecule has 0 aromatic heterocycles. The smallest absolute Gasteiger partial charge is 0.266 e. The zero-order chi connectivity index (χ0) is 23.8. The molecule has 1 N–H and O–H groups in total. The summed E-state index contributed by atoms with van der Waals surface area (Å²) < 4.78 is 12.4. The van der Waals surface area contributed by atoms with E-state index in [4.69, 9.17) is 32.7 Å². The summed E-state index contributed by atoms with van der Waals surface area (Å²) in [7, 11) is 0. The molecule has 0 spiro atoms. The number of carbonyl (C=O) groups excluding carboxylic acids is 1. The monoisotopic (exact) mass is 544 g/mol. The van der Waals surface area contributed by atoms with Crippen LogP contribution in [0.3, 0.4) is 0 Å². The van der Waals surface area contributed by atoms with Gasteiger partial charge in [-0.05, 0) is 70.4 Å². The molecule has 0 heterocycles. The lowest BCUT2D eigenvalue weighted by molar-refractivity contribution is -0.112. The van der Waals surface area contributed by atoms with Crippen molar-refractivity contribution in [2.75, 3.05) is 11.9 Å². The maximum Gasteiger partial charge on any atom is 0.266 e. The van der Waals surface area contributed by atoms with Crippen LogP contribution in [0.15, 0.2) is 70.7 Å². The molecule has 3 aromatic rings. The average molecular weight is 546 g/mol. The number of amides is 1. The van der Waals surface area contributed by atoms with Gasteiger partial charge in [-0.3, -0.25) is 4.79 Å². The Morgan fingerprint density at radius 3 is 2.52 bits per heavy atom. The van der Waals surface area contributed by atoms with Gasteiger partial charge < -0.3 is 14.8 Å². The molecular formula is C25H19BrCl2N2O3. The van der Waals surface area contributed by atoms with Crippen LogP contribution in [0.1, 0.15) is 18.1 Å². The van der Waals surface area contributed by atoms with E-state index in [2.05, 4.69) is 21.2 Å². The molecule has 3 aromatic carbocycles. The van der Waals surface area contributed by atoms with Crippen molar-refractivity contribution < 1.29 is 14.3 Å². The van der Waals surface area contributed by atoms with Gasteiger partial charge in [0.25, 0.3) is 5.91 Å². The minimum Gasteiger partial charge on any atom is -0.490 e. The van der Waals surface area contributed by atoms with E-state index in [1.807, 2.05) is 43.3 Å². The van der Waals surface area contributed by atoms with Crippen LogP contribution in [0.25, 0.3) is 6.08 Å². The Bertz CT molecular complexity index is 1220. The topological polar surface area (TPSA) is 71.3 Å². The summed E-state index contributed by atoms with van der Waals surface area (Å²) in [6.07, 6.45) is 1.47. The van der Waals surface area contributed by atoms with Gasteiger partial charge in [0.2, 0.25) is 0 Å². The van der Waals surface area contributed by atoms with Crippen LogP contribution >= 0.6 is 39.1 Å². The van der Waals surface area contributed by atoms with Crippen LogP contribution in [0.2, 0.25) is 10.0 Å². The summed E-state index contributed by atoms with van der Waals surface area (Å²) in [5.41, 5.74) is 1.95. The highest BCUT2D eigenvalue weighted by Gasteiger charge is 2.15. The summed E-state index contributed by atoms with van der Waals surface area (Å²) in [6, 6.07) is 19.9. The number of anilines is 1. The number of ether oxygens (including phenoxy) is 2. The zero-order valence-corrected chi connectivity index (χ0v) is 20.7. The third-order valence-electron chi connectivity index (χ3n) is 4.41. The Morgan fingerprint density at radius 1 is 1.09 bits per heavy atom. The number of hydrogen-bond acceptors (Lipinski definition) is 4. The van der Waals surface area contributed by atoms with Gasteiger partial charge in [0, 0.05) is 5.69 Å².